The largest absolute Gasteiger partial charge is 0.272 e. The summed E-state index contributed by atoms with van der Waals surface area (Å²) in [4.78, 5) is 31.1. The van der Waals surface area contributed by atoms with Gasteiger partial charge in [-0.25, -0.2) is 10.4 Å². The van der Waals surface area contributed by atoms with Crippen molar-refractivity contribution < 1.29 is 4.79 Å². The first-order valence-corrected chi connectivity index (χ1v) is 11.1. The maximum absolute atomic E-state index is 13.1. The number of nitrogens with one attached hydrogen (secondary N) is 1. The first kappa shape index (κ1) is 20.1. The third kappa shape index (κ3) is 4.34. The Morgan fingerprint density at radius 3 is 2.63 bits per heavy atom. The van der Waals surface area contributed by atoms with Crippen LogP contribution in [-0.2, 0) is 4.79 Å². The summed E-state index contributed by atoms with van der Waals surface area (Å²) in [5.74, 6) is -0.184. The van der Waals surface area contributed by atoms with Crippen molar-refractivity contribution in [3.05, 3.63) is 87.3 Å². The van der Waals surface area contributed by atoms with Gasteiger partial charge in [-0.2, -0.15) is 5.10 Å². The van der Waals surface area contributed by atoms with E-state index in [1.165, 1.54) is 11.8 Å². The van der Waals surface area contributed by atoms with Crippen LogP contribution in [0.2, 0.25) is 0 Å². The zero-order chi connectivity index (χ0) is 20.9. The first-order valence-electron chi connectivity index (χ1n) is 9.20. The Labute approximate surface area is 181 Å². The SMILES string of the molecule is C/C(=N\NC(=O)CSc1nc2ccccc2c(=O)n1-c1ccccc1)c1cccs1. The number of fused-ring (bicyclic) bond motifs is 1. The van der Waals surface area contributed by atoms with E-state index in [4.69, 9.17) is 0 Å². The number of carbonyl (C=O) groups excluding carboxylic acids is 1. The molecule has 30 heavy (non-hydrogen) atoms. The van der Waals surface area contributed by atoms with Crippen molar-refractivity contribution in [2.45, 2.75) is 12.1 Å². The molecule has 0 aliphatic heterocycles. The molecule has 0 fully saturated rings. The van der Waals surface area contributed by atoms with Gasteiger partial charge in [0.05, 0.1) is 28.1 Å². The van der Waals surface area contributed by atoms with Crippen molar-refractivity contribution in [1.82, 2.24) is 15.0 Å². The zero-order valence-corrected chi connectivity index (χ0v) is 17.7. The van der Waals surface area contributed by atoms with Crippen LogP contribution in [0.1, 0.15) is 11.8 Å². The molecule has 2 heterocycles. The summed E-state index contributed by atoms with van der Waals surface area (Å²) in [6.07, 6.45) is 0. The molecule has 0 saturated heterocycles. The average molecular weight is 435 g/mol. The van der Waals surface area contributed by atoms with E-state index in [2.05, 4.69) is 15.5 Å². The number of aromatic nitrogens is 2. The van der Waals surface area contributed by atoms with Crippen LogP contribution in [0.5, 0.6) is 0 Å². The van der Waals surface area contributed by atoms with Crippen LogP contribution in [0.3, 0.4) is 0 Å². The quantitative estimate of drug-likeness (QED) is 0.215. The Morgan fingerprint density at radius 1 is 1.10 bits per heavy atom. The number of thiophene rings is 1. The maximum atomic E-state index is 13.1. The van der Waals surface area contributed by atoms with Gasteiger partial charge in [0.25, 0.3) is 11.5 Å². The van der Waals surface area contributed by atoms with E-state index < -0.39 is 0 Å². The van der Waals surface area contributed by atoms with E-state index in [1.807, 2.05) is 66.9 Å². The molecule has 0 aliphatic rings. The lowest BCUT2D eigenvalue weighted by molar-refractivity contribution is -0.118. The van der Waals surface area contributed by atoms with Crippen LogP contribution < -0.4 is 11.0 Å². The highest BCUT2D eigenvalue weighted by Gasteiger charge is 2.14. The van der Waals surface area contributed by atoms with Crippen molar-refractivity contribution in [3.8, 4) is 5.69 Å². The molecular formula is C22H18N4O2S2. The van der Waals surface area contributed by atoms with Crippen LogP contribution in [-0.4, -0.2) is 26.9 Å². The molecule has 1 amide bonds. The van der Waals surface area contributed by atoms with Gasteiger partial charge in [0.1, 0.15) is 0 Å². The lowest BCUT2D eigenvalue weighted by atomic mass is 10.2. The lowest BCUT2D eigenvalue weighted by Gasteiger charge is -2.12. The molecule has 2 aromatic carbocycles. The van der Waals surface area contributed by atoms with Crippen molar-refractivity contribution in [1.29, 1.82) is 0 Å². The number of benzene rings is 2. The van der Waals surface area contributed by atoms with Crippen LogP contribution >= 0.6 is 23.1 Å². The lowest BCUT2D eigenvalue weighted by Crippen LogP contribution is -2.24. The molecule has 0 spiro atoms. The third-order valence-electron chi connectivity index (χ3n) is 4.32. The van der Waals surface area contributed by atoms with Gasteiger partial charge in [-0.15, -0.1) is 11.3 Å². The van der Waals surface area contributed by atoms with E-state index >= 15 is 0 Å². The first-order chi connectivity index (χ1) is 14.6. The molecule has 0 unspecified atom stereocenters. The van der Waals surface area contributed by atoms with E-state index in [9.17, 15) is 9.59 Å². The van der Waals surface area contributed by atoms with Crippen molar-refractivity contribution in [2.24, 2.45) is 5.10 Å². The third-order valence-corrected chi connectivity index (χ3v) is 6.23. The topological polar surface area (TPSA) is 76.3 Å². The molecule has 0 atom stereocenters. The second-order valence-electron chi connectivity index (χ2n) is 6.39. The number of hydrogen-bond donors (Lipinski definition) is 1. The number of para-hydroxylation sites is 2. The smallest absolute Gasteiger partial charge is 0.266 e. The van der Waals surface area contributed by atoms with Crippen molar-refractivity contribution >= 4 is 45.6 Å². The Kier molecular flexibility index (Phi) is 6.06. The number of carbonyl (C=O) groups is 1. The van der Waals surface area contributed by atoms with Crippen LogP contribution in [0.25, 0.3) is 16.6 Å². The molecule has 4 rings (SSSR count). The Hall–Kier alpha value is -3.23. The number of amides is 1. The highest BCUT2D eigenvalue weighted by atomic mass is 32.2. The second-order valence-corrected chi connectivity index (χ2v) is 8.28. The Balaban J connectivity index is 1.60. The summed E-state index contributed by atoms with van der Waals surface area (Å²) in [6, 6.07) is 20.4. The van der Waals surface area contributed by atoms with Crippen LogP contribution in [0.15, 0.2) is 87.2 Å². The molecule has 1 N–H and O–H groups in total. The summed E-state index contributed by atoms with van der Waals surface area (Å²) in [7, 11) is 0. The summed E-state index contributed by atoms with van der Waals surface area (Å²) in [5.41, 5.74) is 4.46. The molecule has 0 radical (unpaired) electrons. The molecular weight excluding hydrogens is 416 g/mol. The predicted molar refractivity (Wildman–Crippen MR) is 123 cm³/mol. The molecule has 150 valence electrons. The van der Waals surface area contributed by atoms with E-state index in [0.29, 0.717) is 21.7 Å². The molecule has 0 bridgehead atoms. The Bertz CT molecular complexity index is 1270. The van der Waals surface area contributed by atoms with Gasteiger partial charge < -0.3 is 0 Å². The fourth-order valence-corrected chi connectivity index (χ4v) is 4.34. The van der Waals surface area contributed by atoms with Crippen molar-refractivity contribution in [2.75, 3.05) is 5.75 Å². The van der Waals surface area contributed by atoms with Gasteiger partial charge in [0.15, 0.2) is 5.16 Å². The van der Waals surface area contributed by atoms with Gasteiger partial charge in [-0.3, -0.25) is 14.2 Å². The number of thioether (sulfide) groups is 1. The van der Waals surface area contributed by atoms with Gasteiger partial charge in [-0.05, 0) is 42.6 Å². The van der Waals surface area contributed by atoms with E-state index in [0.717, 1.165) is 10.6 Å². The van der Waals surface area contributed by atoms with Crippen LogP contribution in [0.4, 0.5) is 0 Å². The summed E-state index contributed by atoms with van der Waals surface area (Å²) in [5, 5.41) is 7.10. The molecule has 2 aromatic heterocycles. The number of hydrogen-bond acceptors (Lipinski definition) is 6. The summed E-state index contributed by atoms with van der Waals surface area (Å²) >= 11 is 2.76. The average Bonchev–Trinajstić information content (AvgIpc) is 3.32. The van der Waals surface area contributed by atoms with E-state index in [-0.39, 0.29) is 17.2 Å². The number of rotatable bonds is 6. The van der Waals surface area contributed by atoms with Gasteiger partial charge in [0, 0.05) is 4.88 Å². The minimum absolute atomic E-state index is 0.0822. The molecule has 4 aromatic rings. The molecule has 6 nitrogen and oxygen atoms in total. The monoisotopic (exact) mass is 434 g/mol. The van der Waals surface area contributed by atoms with Crippen LogP contribution in [0, 0.1) is 0 Å². The second kappa shape index (κ2) is 9.06. The number of nitrogens with zero attached hydrogens (tertiary/aromatic N) is 3. The summed E-state index contributed by atoms with van der Waals surface area (Å²) < 4.78 is 1.54. The molecule has 8 heteroatoms. The minimum atomic E-state index is -0.266. The standard InChI is InChI=1S/C22H18N4O2S2/c1-15(19-12-7-13-29-19)24-25-20(27)14-30-22-23-18-11-6-5-10-17(18)21(28)26(22)16-8-3-2-4-9-16/h2-13H,14H2,1H3,(H,25,27)/b24-15+. The summed E-state index contributed by atoms with van der Waals surface area (Å²) in [6.45, 7) is 1.84. The Morgan fingerprint density at radius 2 is 1.87 bits per heavy atom. The maximum Gasteiger partial charge on any atom is 0.266 e. The fourth-order valence-electron chi connectivity index (χ4n) is 2.86. The van der Waals surface area contributed by atoms with Crippen molar-refractivity contribution in [3.63, 3.8) is 0 Å². The van der Waals surface area contributed by atoms with Gasteiger partial charge >= 0.3 is 0 Å². The number of hydrazone groups is 1. The van der Waals surface area contributed by atoms with E-state index in [1.54, 1.807) is 28.0 Å². The normalized spacial score (nSPS) is 11.6. The minimum Gasteiger partial charge on any atom is -0.272 e. The fraction of sp³-hybridized carbons (Fsp3) is 0.0909. The zero-order valence-electron chi connectivity index (χ0n) is 16.1. The van der Waals surface area contributed by atoms with Gasteiger partial charge in [0.2, 0.25) is 0 Å². The highest BCUT2D eigenvalue weighted by Crippen LogP contribution is 2.21. The molecule has 0 saturated carbocycles. The predicted octanol–water partition coefficient (Wildman–Crippen LogP) is 4.08. The highest BCUT2D eigenvalue weighted by molar-refractivity contribution is 7.99. The van der Waals surface area contributed by atoms with Gasteiger partial charge in [-0.1, -0.05) is 48.2 Å². The molecule has 0 aliphatic carbocycles.